The van der Waals surface area contributed by atoms with Crippen LogP contribution >= 0.6 is 0 Å². The molecule has 0 aromatic rings. The summed E-state index contributed by atoms with van der Waals surface area (Å²) in [6.45, 7) is 4.07. The van der Waals surface area contributed by atoms with Crippen LogP contribution in [-0.2, 0) is 0 Å². The number of unbranched alkanes of at least 4 members (excludes halogenated alkanes) is 6. The predicted molar refractivity (Wildman–Crippen MR) is 72.2 cm³/mol. The Bertz CT molecular complexity index is 216. The van der Waals surface area contributed by atoms with Gasteiger partial charge in [-0.2, -0.15) is 0 Å². The number of aliphatic hydroxyl groups excluding tert-OH is 1. The molecule has 1 rings (SSSR count). The van der Waals surface area contributed by atoms with Crippen molar-refractivity contribution in [3.63, 3.8) is 0 Å². The van der Waals surface area contributed by atoms with Crippen LogP contribution < -0.4 is 5.32 Å². The van der Waals surface area contributed by atoms with E-state index < -0.39 is 6.23 Å². The van der Waals surface area contributed by atoms with E-state index in [1.807, 2.05) is 24.2 Å². The number of nitrogens with one attached hydrogen (secondary N) is 1. The lowest BCUT2D eigenvalue weighted by Gasteiger charge is -2.28. The van der Waals surface area contributed by atoms with Crippen molar-refractivity contribution in [3.8, 4) is 0 Å². The molecular formula is C14H28N2O. The summed E-state index contributed by atoms with van der Waals surface area (Å²) in [7, 11) is 0. The molecule has 0 aromatic carbocycles. The molecule has 0 fully saturated rings. The molecule has 3 heteroatoms. The Hall–Kier alpha value is -0.700. The summed E-state index contributed by atoms with van der Waals surface area (Å²) in [5.74, 6) is 0. The van der Waals surface area contributed by atoms with Crippen molar-refractivity contribution in [2.75, 3.05) is 0 Å². The van der Waals surface area contributed by atoms with Crippen molar-refractivity contribution in [1.29, 1.82) is 0 Å². The second-order valence-electron chi connectivity index (χ2n) is 4.99. The Labute approximate surface area is 106 Å². The Morgan fingerprint density at radius 3 is 2.47 bits per heavy atom. The maximum Gasteiger partial charge on any atom is 0.125 e. The summed E-state index contributed by atoms with van der Waals surface area (Å²) < 4.78 is 0. The first kappa shape index (κ1) is 14.4. The van der Waals surface area contributed by atoms with Crippen LogP contribution in [0.3, 0.4) is 0 Å². The number of aliphatic hydroxyl groups is 1. The standard InChI is InChI=1S/C14H28N2O/c1-3-4-5-6-7-8-9-10-14-15-11-12-16(14)13(2)17/h11-15,17H,3-10H2,1-2H3. The fraction of sp³-hybridized carbons (Fsp3) is 0.857. The highest BCUT2D eigenvalue weighted by atomic mass is 16.3. The van der Waals surface area contributed by atoms with Gasteiger partial charge in [0.2, 0.25) is 0 Å². The normalized spacial score (nSPS) is 20.6. The molecule has 1 heterocycles. The highest BCUT2D eigenvalue weighted by molar-refractivity contribution is 4.94. The van der Waals surface area contributed by atoms with Crippen molar-refractivity contribution in [1.82, 2.24) is 10.2 Å². The molecule has 100 valence electrons. The van der Waals surface area contributed by atoms with E-state index in [0.717, 1.165) is 6.42 Å². The zero-order valence-corrected chi connectivity index (χ0v) is 11.4. The maximum absolute atomic E-state index is 9.56. The van der Waals surface area contributed by atoms with E-state index in [-0.39, 0.29) is 0 Å². The van der Waals surface area contributed by atoms with Crippen molar-refractivity contribution < 1.29 is 5.11 Å². The molecule has 0 aliphatic carbocycles. The van der Waals surface area contributed by atoms with Gasteiger partial charge < -0.3 is 15.3 Å². The van der Waals surface area contributed by atoms with Gasteiger partial charge in [-0.25, -0.2) is 0 Å². The van der Waals surface area contributed by atoms with Crippen LogP contribution in [0.4, 0.5) is 0 Å². The third-order valence-corrected chi connectivity index (χ3v) is 3.41. The minimum atomic E-state index is -0.393. The second kappa shape index (κ2) is 8.40. The van der Waals surface area contributed by atoms with Crippen LogP contribution in [0.5, 0.6) is 0 Å². The monoisotopic (exact) mass is 240 g/mol. The topological polar surface area (TPSA) is 35.5 Å². The molecule has 3 nitrogen and oxygen atoms in total. The molecule has 0 aromatic heterocycles. The van der Waals surface area contributed by atoms with Crippen LogP contribution in [0.2, 0.25) is 0 Å². The number of hydrogen-bond donors (Lipinski definition) is 2. The van der Waals surface area contributed by atoms with Crippen molar-refractivity contribution >= 4 is 0 Å². The molecule has 17 heavy (non-hydrogen) atoms. The van der Waals surface area contributed by atoms with E-state index in [9.17, 15) is 5.11 Å². The summed E-state index contributed by atoms with van der Waals surface area (Å²) in [6, 6.07) is 0. The molecule has 0 saturated carbocycles. The highest BCUT2D eigenvalue weighted by Gasteiger charge is 2.20. The fourth-order valence-corrected chi connectivity index (χ4v) is 2.34. The number of rotatable bonds is 9. The van der Waals surface area contributed by atoms with Crippen molar-refractivity contribution in [3.05, 3.63) is 12.4 Å². The molecule has 0 bridgehead atoms. The van der Waals surface area contributed by atoms with Gasteiger partial charge in [0.05, 0.1) is 0 Å². The van der Waals surface area contributed by atoms with Gasteiger partial charge in [0.25, 0.3) is 0 Å². The number of nitrogens with zero attached hydrogens (tertiary/aromatic N) is 1. The van der Waals surface area contributed by atoms with Crippen LogP contribution in [0.15, 0.2) is 12.4 Å². The Kier molecular flexibility index (Phi) is 7.10. The zero-order chi connectivity index (χ0) is 12.5. The third-order valence-electron chi connectivity index (χ3n) is 3.41. The smallest absolute Gasteiger partial charge is 0.125 e. The second-order valence-corrected chi connectivity index (χ2v) is 4.99. The molecule has 2 N–H and O–H groups in total. The lowest BCUT2D eigenvalue weighted by Crippen LogP contribution is -2.40. The van der Waals surface area contributed by atoms with Crippen molar-refractivity contribution in [2.24, 2.45) is 0 Å². The molecule has 1 aliphatic rings. The van der Waals surface area contributed by atoms with E-state index in [1.54, 1.807) is 0 Å². The first-order chi connectivity index (χ1) is 8.25. The summed E-state index contributed by atoms with van der Waals surface area (Å²) in [6.07, 6.45) is 14.3. The zero-order valence-electron chi connectivity index (χ0n) is 11.4. The van der Waals surface area contributed by atoms with Gasteiger partial charge in [-0.15, -0.1) is 0 Å². The summed E-state index contributed by atoms with van der Waals surface area (Å²) in [5, 5.41) is 12.8. The summed E-state index contributed by atoms with van der Waals surface area (Å²) >= 11 is 0. The predicted octanol–water partition coefficient (Wildman–Crippen LogP) is 3.17. The summed E-state index contributed by atoms with van der Waals surface area (Å²) in [5.41, 5.74) is 0. The van der Waals surface area contributed by atoms with Gasteiger partial charge in [0.1, 0.15) is 12.4 Å². The average Bonchev–Trinajstić information content (AvgIpc) is 2.76. The highest BCUT2D eigenvalue weighted by Crippen LogP contribution is 2.16. The molecule has 0 amide bonds. The minimum absolute atomic E-state index is 0.297. The molecule has 0 spiro atoms. The van der Waals surface area contributed by atoms with Crippen LogP contribution in [0, 0.1) is 0 Å². The van der Waals surface area contributed by atoms with Crippen molar-refractivity contribution in [2.45, 2.75) is 77.6 Å². The molecule has 2 unspecified atom stereocenters. The quantitative estimate of drug-likeness (QED) is 0.608. The van der Waals surface area contributed by atoms with Crippen LogP contribution in [0.25, 0.3) is 0 Å². The van der Waals surface area contributed by atoms with Gasteiger partial charge >= 0.3 is 0 Å². The molecule has 1 aliphatic heterocycles. The van der Waals surface area contributed by atoms with E-state index in [0.29, 0.717) is 6.17 Å². The van der Waals surface area contributed by atoms with E-state index in [2.05, 4.69) is 12.2 Å². The Morgan fingerprint density at radius 1 is 1.18 bits per heavy atom. The largest absolute Gasteiger partial charge is 0.374 e. The Morgan fingerprint density at radius 2 is 1.82 bits per heavy atom. The first-order valence-electron chi connectivity index (χ1n) is 7.14. The average molecular weight is 240 g/mol. The van der Waals surface area contributed by atoms with Gasteiger partial charge in [0.15, 0.2) is 0 Å². The van der Waals surface area contributed by atoms with Gasteiger partial charge in [-0.1, -0.05) is 45.4 Å². The SMILES string of the molecule is CCCCCCCCCC1NC=CN1C(C)O. The lowest BCUT2D eigenvalue weighted by molar-refractivity contribution is 0.0254. The van der Waals surface area contributed by atoms with Crippen LogP contribution in [0.1, 0.15) is 65.2 Å². The van der Waals surface area contributed by atoms with E-state index in [4.69, 9.17) is 0 Å². The van der Waals surface area contributed by atoms with Gasteiger partial charge in [0, 0.05) is 12.4 Å². The molecule has 0 radical (unpaired) electrons. The fourth-order valence-electron chi connectivity index (χ4n) is 2.34. The van der Waals surface area contributed by atoms with Crippen LogP contribution in [-0.4, -0.2) is 22.4 Å². The van der Waals surface area contributed by atoms with Gasteiger partial charge in [-0.3, -0.25) is 0 Å². The minimum Gasteiger partial charge on any atom is -0.374 e. The molecule has 2 atom stereocenters. The first-order valence-corrected chi connectivity index (χ1v) is 7.14. The molecular weight excluding hydrogens is 212 g/mol. The van der Waals surface area contributed by atoms with Gasteiger partial charge in [-0.05, 0) is 19.8 Å². The van der Waals surface area contributed by atoms with E-state index in [1.165, 1.54) is 44.9 Å². The summed E-state index contributed by atoms with van der Waals surface area (Å²) in [4.78, 5) is 1.98. The Balaban J connectivity index is 1.99. The van der Waals surface area contributed by atoms with E-state index >= 15 is 0 Å². The number of hydrogen-bond acceptors (Lipinski definition) is 3. The molecule has 0 saturated heterocycles. The maximum atomic E-state index is 9.56. The third kappa shape index (κ3) is 5.44. The lowest BCUT2D eigenvalue weighted by atomic mass is 10.1.